The van der Waals surface area contributed by atoms with Crippen molar-refractivity contribution in [3.05, 3.63) is 34.9 Å². The minimum atomic E-state index is -0.690. The Morgan fingerprint density at radius 3 is 2.46 bits per heavy atom. The minimum absolute atomic E-state index is 0.174. The van der Waals surface area contributed by atoms with E-state index in [0.29, 0.717) is 18.0 Å². The Kier molecular flexibility index (Phi) is 4.80. The van der Waals surface area contributed by atoms with E-state index in [2.05, 4.69) is 0 Å². The molecule has 0 radical (unpaired) electrons. The van der Waals surface area contributed by atoms with Crippen molar-refractivity contribution in [1.29, 1.82) is 0 Å². The number of benzene rings is 1. The van der Waals surface area contributed by atoms with E-state index in [1.165, 1.54) is 11.8 Å². The molecule has 0 spiro atoms. The lowest BCUT2D eigenvalue weighted by atomic mass is 10.0. The SMILES string of the molecule is CC(=O)N1C[C@@H](O)C[C@@H]1C(=O)N1CC[C@@H](O)[C@H]1c1ccc(Cl)cc1. The van der Waals surface area contributed by atoms with Gasteiger partial charge in [0, 0.05) is 31.5 Å². The summed E-state index contributed by atoms with van der Waals surface area (Å²) >= 11 is 5.91. The summed E-state index contributed by atoms with van der Waals surface area (Å²) < 4.78 is 0. The van der Waals surface area contributed by atoms with Crippen LogP contribution in [0.2, 0.25) is 5.02 Å². The van der Waals surface area contributed by atoms with Crippen LogP contribution in [0.4, 0.5) is 0 Å². The van der Waals surface area contributed by atoms with Gasteiger partial charge in [-0.25, -0.2) is 0 Å². The lowest BCUT2D eigenvalue weighted by Crippen LogP contribution is -2.47. The molecule has 130 valence electrons. The lowest BCUT2D eigenvalue weighted by molar-refractivity contribution is -0.144. The van der Waals surface area contributed by atoms with E-state index in [1.807, 2.05) is 0 Å². The van der Waals surface area contributed by atoms with Gasteiger partial charge in [0.1, 0.15) is 6.04 Å². The molecule has 24 heavy (non-hydrogen) atoms. The molecule has 6 nitrogen and oxygen atoms in total. The Bertz CT molecular complexity index is 636. The maximum absolute atomic E-state index is 13.0. The van der Waals surface area contributed by atoms with Crippen molar-refractivity contribution in [2.75, 3.05) is 13.1 Å². The monoisotopic (exact) mass is 352 g/mol. The first-order chi connectivity index (χ1) is 11.4. The highest BCUT2D eigenvalue weighted by molar-refractivity contribution is 6.30. The van der Waals surface area contributed by atoms with Crippen LogP contribution in [0.3, 0.4) is 0 Å². The second-order valence-electron chi connectivity index (χ2n) is 6.46. The van der Waals surface area contributed by atoms with Crippen molar-refractivity contribution in [2.45, 2.75) is 44.1 Å². The van der Waals surface area contributed by atoms with Crippen LogP contribution in [0.15, 0.2) is 24.3 Å². The van der Waals surface area contributed by atoms with Crippen LogP contribution in [0.1, 0.15) is 31.4 Å². The smallest absolute Gasteiger partial charge is 0.246 e. The number of nitrogens with zero attached hydrogens (tertiary/aromatic N) is 2. The summed E-state index contributed by atoms with van der Waals surface area (Å²) in [6, 6.07) is 5.93. The number of aliphatic hydroxyl groups excluding tert-OH is 2. The van der Waals surface area contributed by atoms with Gasteiger partial charge in [-0.2, -0.15) is 0 Å². The Morgan fingerprint density at radius 2 is 1.83 bits per heavy atom. The van der Waals surface area contributed by atoms with Crippen molar-refractivity contribution in [1.82, 2.24) is 9.80 Å². The average Bonchev–Trinajstić information content (AvgIpc) is 3.11. The fourth-order valence-corrected chi connectivity index (χ4v) is 3.80. The average molecular weight is 353 g/mol. The molecule has 2 saturated heterocycles. The van der Waals surface area contributed by atoms with Gasteiger partial charge in [0.25, 0.3) is 0 Å². The largest absolute Gasteiger partial charge is 0.391 e. The molecule has 4 atom stereocenters. The van der Waals surface area contributed by atoms with Crippen LogP contribution < -0.4 is 0 Å². The zero-order valence-corrected chi connectivity index (χ0v) is 14.2. The van der Waals surface area contributed by atoms with Gasteiger partial charge in [-0.05, 0) is 24.1 Å². The van der Waals surface area contributed by atoms with E-state index >= 15 is 0 Å². The summed E-state index contributed by atoms with van der Waals surface area (Å²) in [6.07, 6.45) is -0.635. The first kappa shape index (κ1) is 17.2. The van der Waals surface area contributed by atoms with Crippen molar-refractivity contribution in [2.24, 2.45) is 0 Å². The number of hydrogen-bond donors (Lipinski definition) is 2. The Morgan fingerprint density at radius 1 is 1.17 bits per heavy atom. The lowest BCUT2D eigenvalue weighted by Gasteiger charge is -2.32. The molecule has 0 aromatic heterocycles. The molecule has 1 aromatic carbocycles. The van der Waals surface area contributed by atoms with Crippen molar-refractivity contribution < 1.29 is 19.8 Å². The normalized spacial score (nSPS) is 30.0. The van der Waals surface area contributed by atoms with E-state index in [9.17, 15) is 19.8 Å². The maximum atomic E-state index is 13.0. The third kappa shape index (κ3) is 3.14. The number of amides is 2. The molecule has 2 aliphatic rings. The number of β-amino-alcohol motifs (C(OH)–C–C–N with tert-alkyl or cyclic N) is 1. The number of likely N-dealkylation sites (tertiary alicyclic amines) is 2. The molecule has 2 N–H and O–H groups in total. The minimum Gasteiger partial charge on any atom is -0.391 e. The molecular weight excluding hydrogens is 332 g/mol. The Balaban J connectivity index is 1.85. The molecule has 2 fully saturated rings. The Labute approximate surface area is 145 Å². The van der Waals surface area contributed by atoms with Crippen molar-refractivity contribution >= 4 is 23.4 Å². The Hall–Kier alpha value is -1.63. The van der Waals surface area contributed by atoms with Gasteiger partial charge >= 0.3 is 0 Å². The number of rotatable bonds is 2. The highest BCUT2D eigenvalue weighted by Gasteiger charge is 2.44. The van der Waals surface area contributed by atoms with Gasteiger partial charge in [0.15, 0.2) is 0 Å². The first-order valence-electron chi connectivity index (χ1n) is 8.07. The molecule has 1 aromatic rings. The number of carbonyl (C=O) groups excluding carboxylic acids is 2. The molecule has 7 heteroatoms. The van der Waals surface area contributed by atoms with Gasteiger partial charge in [0.05, 0.1) is 18.2 Å². The van der Waals surface area contributed by atoms with Gasteiger partial charge in [-0.1, -0.05) is 23.7 Å². The predicted octanol–water partition coefficient (Wildman–Crippen LogP) is 0.956. The summed E-state index contributed by atoms with van der Waals surface area (Å²) in [5.74, 6) is -0.453. The zero-order chi connectivity index (χ0) is 17.4. The first-order valence-corrected chi connectivity index (χ1v) is 8.45. The maximum Gasteiger partial charge on any atom is 0.246 e. The highest BCUT2D eigenvalue weighted by Crippen LogP contribution is 2.35. The van der Waals surface area contributed by atoms with Crippen LogP contribution in [0.25, 0.3) is 0 Å². The van der Waals surface area contributed by atoms with Crippen LogP contribution in [0, 0.1) is 0 Å². The third-order valence-corrected chi connectivity index (χ3v) is 5.08. The third-order valence-electron chi connectivity index (χ3n) is 4.83. The number of halogens is 1. The second-order valence-corrected chi connectivity index (χ2v) is 6.90. The topological polar surface area (TPSA) is 81.1 Å². The molecule has 2 amide bonds. The van der Waals surface area contributed by atoms with Gasteiger partial charge in [0.2, 0.25) is 11.8 Å². The molecule has 2 aliphatic heterocycles. The van der Waals surface area contributed by atoms with Crippen LogP contribution in [-0.2, 0) is 9.59 Å². The number of carbonyl (C=O) groups is 2. The summed E-state index contributed by atoms with van der Waals surface area (Å²) in [7, 11) is 0. The van der Waals surface area contributed by atoms with Gasteiger partial charge in [-0.3, -0.25) is 9.59 Å². The number of aliphatic hydroxyl groups is 2. The second kappa shape index (κ2) is 6.70. The predicted molar refractivity (Wildman–Crippen MR) is 88.3 cm³/mol. The van der Waals surface area contributed by atoms with Crippen molar-refractivity contribution in [3.63, 3.8) is 0 Å². The van der Waals surface area contributed by atoms with E-state index in [1.54, 1.807) is 29.2 Å². The fraction of sp³-hybridized carbons (Fsp3) is 0.529. The standard InChI is InChI=1S/C17H21ClN2O4/c1-10(21)20-9-13(22)8-14(20)17(24)19-7-6-15(23)16(19)11-2-4-12(18)5-3-11/h2-5,13-16,22-23H,6-9H2,1H3/t13-,14+,15+,16+/m0/s1. The van der Waals surface area contributed by atoms with Crippen LogP contribution in [-0.4, -0.2) is 63.2 Å². The van der Waals surface area contributed by atoms with Gasteiger partial charge < -0.3 is 20.0 Å². The van der Waals surface area contributed by atoms with Crippen molar-refractivity contribution in [3.8, 4) is 0 Å². The molecule has 0 aliphatic carbocycles. The summed E-state index contributed by atoms with van der Waals surface area (Å²) in [6.45, 7) is 1.99. The van der Waals surface area contributed by atoms with Gasteiger partial charge in [-0.15, -0.1) is 0 Å². The molecule has 3 rings (SSSR count). The van der Waals surface area contributed by atoms with E-state index < -0.39 is 24.3 Å². The van der Waals surface area contributed by atoms with E-state index in [4.69, 9.17) is 11.6 Å². The van der Waals surface area contributed by atoms with Crippen LogP contribution in [0.5, 0.6) is 0 Å². The molecule has 0 saturated carbocycles. The van der Waals surface area contributed by atoms with Crippen LogP contribution >= 0.6 is 11.6 Å². The molecule has 0 bridgehead atoms. The summed E-state index contributed by atoms with van der Waals surface area (Å²) in [4.78, 5) is 27.8. The summed E-state index contributed by atoms with van der Waals surface area (Å²) in [5, 5.41) is 20.8. The molecular formula is C17H21ClN2O4. The molecule has 0 unspecified atom stereocenters. The number of hydrogen-bond acceptors (Lipinski definition) is 4. The fourth-order valence-electron chi connectivity index (χ4n) is 3.67. The van der Waals surface area contributed by atoms with E-state index in [0.717, 1.165) is 5.56 Å². The summed E-state index contributed by atoms with van der Waals surface area (Å²) in [5.41, 5.74) is 0.811. The molecule has 2 heterocycles. The highest BCUT2D eigenvalue weighted by atomic mass is 35.5. The quantitative estimate of drug-likeness (QED) is 0.830. The van der Waals surface area contributed by atoms with E-state index in [-0.39, 0.29) is 24.8 Å². The zero-order valence-electron chi connectivity index (χ0n) is 13.4.